The summed E-state index contributed by atoms with van der Waals surface area (Å²) in [5.41, 5.74) is 22.7. The Bertz CT molecular complexity index is 4300. The van der Waals surface area contributed by atoms with Gasteiger partial charge >= 0.3 is 0 Å². The maximum absolute atomic E-state index is 14.2. The van der Waals surface area contributed by atoms with E-state index in [1.54, 1.807) is 134 Å². The number of likely N-dealkylation sites (N-methyl/N-ethyl adjacent to an activating group) is 1. The standard InChI is InChI=1S/C51H63N9O10.C33H40N6O5S/c1-33(61)40(30-46(64)65)59-51(70)43(29-37-22-12-5-13-23-37)57-45(63)32-55-48(67)41(27-35-18-8-3-9-19-35)60-49(68)39(24-14-15-25-52)58-50(69)42(28-36-20-10-4-11-21-36)56-44(62)31-54-47(66)38(53)26-34-16-6-2-7-17-34;1-35-26(18-23-13-7-3-8-14-23)31(42)36-20-29(40)37-27(19-24-15-9-4-10-16-24)32(43)39-28(21-45)33(44)38-25(30(34)41)17-22-11-5-2-6-12-22/h2-13,16-23,38-43H,14-15,24-32,52-53H2,1H3,(H,54,66)(H,55,67)(H,56,62)(H,57,63)(H,58,69)(H,59,70)(H,60,68)(H,64,65);2-16,25-28,35,45H,17-21H2,1H3,(H2,34,41)(H,36,42)(H,37,40)(H,38,44)(H,39,43)/p-1/t38?,39-,40-,41?,42?,43?;25?,26?,27?,28-/m00/s1. The Morgan fingerprint density at radius 1 is 0.339 bits per heavy atom. The van der Waals surface area contributed by atoms with Crippen molar-refractivity contribution in [2.75, 3.05) is 39.0 Å². The van der Waals surface area contributed by atoms with Gasteiger partial charge in [0.1, 0.15) is 42.3 Å². The van der Waals surface area contributed by atoms with E-state index in [9.17, 15) is 72.2 Å². The number of amides is 12. The maximum Gasteiger partial charge on any atom is 0.244 e. The zero-order valence-corrected chi connectivity index (χ0v) is 65.0. The Morgan fingerprint density at radius 2 is 0.609 bits per heavy atom. The minimum absolute atomic E-state index is 0.0170. The highest BCUT2D eigenvalue weighted by molar-refractivity contribution is 7.80. The second kappa shape index (κ2) is 49.8. The number of Topliss-reactive ketones (excluding diaryl/α,β-unsaturated/α-hetero) is 1. The predicted octanol–water partition coefficient (Wildman–Crippen LogP) is -0.913. The van der Waals surface area contributed by atoms with Crippen LogP contribution in [0.15, 0.2) is 212 Å². The van der Waals surface area contributed by atoms with Gasteiger partial charge in [-0.05, 0) is 91.6 Å². The van der Waals surface area contributed by atoms with Crippen molar-refractivity contribution in [3.05, 3.63) is 251 Å². The molecule has 0 aliphatic rings. The van der Waals surface area contributed by atoms with Crippen LogP contribution in [0.3, 0.4) is 0 Å². The fraction of sp³-hybridized carbons (Fsp3) is 0.333. The molecule has 18 N–H and O–H groups in total. The van der Waals surface area contributed by atoms with Gasteiger partial charge in [0.05, 0.1) is 37.8 Å². The Kier molecular flexibility index (Phi) is 39.6. The third kappa shape index (κ3) is 34.2. The molecule has 10 atom stereocenters. The molecule has 7 aromatic carbocycles. The SMILES string of the molecule is CC(=O)[C@H](CC(=O)[O-])NC(=O)C(Cc1ccccc1)NC(=O)CNC(=O)C(Cc1ccccc1)NC(=O)[C@H](CCCCN)NC(=O)C(Cc1ccccc1)NC(=O)CNC(=O)C(N)Cc1ccccc1.CNC(Cc1ccccc1)C(=O)NCC(=O)NC(Cc1ccccc1)C(=O)N[C@@H](CS)C(=O)NC(Cc1ccccc1)C(N)=O. The fourth-order valence-electron chi connectivity index (χ4n) is 11.8. The summed E-state index contributed by atoms with van der Waals surface area (Å²) in [7, 11) is 1.66. The zero-order chi connectivity index (χ0) is 83.4. The molecule has 12 amide bonds. The van der Waals surface area contributed by atoms with Crippen LogP contribution in [0, 0.1) is 0 Å². The largest absolute Gasteiger partial charge is 0.550 e. The van der Waals surface area contributed by atoms with E-state index in [1.165, 1.54) is 0 Å². The number of carbonyl (C=O) groups excluding carboxylic acids is 14. The van der Waals surface area contributed by atoms with Crippen LogP contribution < -0.4 is 86.1 Å². The third-order valence-electron chi connectivity index (χ3n) is 18.1. The van der Waals surface area contributed by atoms with E-state index in [0.29, 0.717) is 42.5 Å². The van der Waals surface area contributed by atoms with Crippen molar-refractivity contribution in [2.24, 2.45) is 17.2 Å². The van der Waals surface area contributed by atoms with Gasteiger partial charge in [-0.1, -0.05) is 212 Å². The van der Waals surface area contributed by atoms with Crippen LogP contribution in [0.4, 0.5) is 0 Å². The quantitative estimate of drug-likeness (QED) is 0.0162. The van der Waals surface area contributed by atoms with Crippen molar-refractivity contribution in [1.29, 1.82) is 0 Å². The molecule has 0 saturated carbocycles. The molecular formula is C84H102N15O15S-. The monoisotopic (exact) mass is 1590 g/mol. The van der Waals surface area contributed by atoms with Gasteiger partial charge in [-0.25, -0.2) is 0 Å². The molecule has 7 aromatic rings. The summed E-state index contributed by atoms with van der Waals surface area (Å²) in [5, 5.41) is 42.8. The van der Waals surface area contributed by atoms with Gasteiger partial charge in [0.15, 0.2) is 5.78 Å². The number of ketones is 1. The van der Waals surface area contributed by atoms with Crippen molar-refractivity contribution in [3.63, 3.8) is 0 Å². The lowest BCUT2D eigenvalue weighted by Gasteiger charge is -2.26. The second-order valence-electron chi connectivity index (χ2n) is 27.2. The smallest absolute Gasteiger partial charge is 0.244 e. The van der Waals surface area contributed by atoms with Gasteiger partial charge in [-0.2, -0.15) is 12.6 Å². The van der Waals surface area contributed by atoms with E-state index >= 15 is 0 Å². The summed E-state index contributed by atoms with van der Waals surface area (Å²) < 4.78 is 0. The van der Waals surface area contributed by atoms with Crippen LogP contribution in [0.1, 0.15) is 71.6 Å². The molecule has 0 bridgehead atoms. The molecule has 31 heteroatoms. The van der Waals surface area contributed by atoms with Gasteiger partial charge in [0.2, 0.25) is 70.9 Å². The van der Waals surface area contributed by atoms with E-state index < -0.39 is 157 Å². The summed E-state index contributed by atoms with van der Waals surface area (Å²) in [4.78, 5) is 183. The molecule has 7 rings (SSSR count). The average molecular weight is 1590 g/mol. The number of unbranched alkanes of at least 4 members (excludes halogenated alkanes) is 1. The van der Waals surface area contributed by atoms with E-state index in [4.69, 9.17) is 17.2 Å². The molecule has 0 fully saturated rings. The molecule has 0 aromatic heterocycles. The molecule has 7 unspecified atom stereocenters. The number of thiol groups is 1. The maximum atomic E-state index is 14.2. The van der Waals surface area contributed by atoms with E-state index in [1.807, 2.05) is 84.9 Å². The number of aliphatic carboxylic acids is 1. The van der Waals surface area contributed by atoms with Gasteiger partial charge < -0.3 is 90.9 Å². The third-order valence-corrected chi connectivity index (χ3v) is 18.5. The van der Waals surface area contributed by atoms with Gasteiger partial charge in [-0.15, -0.1) is 0 Å². The molecule has 0 heterocycles. The molecular weight excluding hydrogens is 1490 g/mol. The van der Waals surface area contributed by atoms with Crippen LogP contribution in [0.25, 0.3) is 0 Å². The summed E-state index contributed by atoms with van der Waals surface area (Å²) in [6.07, 6.45) is 1.09. The number of nitrogens with one attached hydrogen (secondary N) is 12. The Labute approximate surface area is 673 Å². The summed E-state index contributed by atoms with van der Waals surface area (Å²) >= 11 is 4.23. The minimum atomic E-state index is -1.57. The van der Waals surface area contributed by atoms with Crippen molar-refractivity contribution in [1.82, 2.24) is 63.8 Å². The van der Waals surface area contributed by atoms with Crippen LogP contribution in [-0.4, -0.2) is 182 Å². The molecule has 0 aliphatic carbocycles. The highest BCUT2D eigenvalue weighted by Gasteiger charge is 2.34. The highest BCUT2D eigenvalue weighted by atomic mass is 32.1. The first kappa shape index (κ1) is 91.4. The fourth-order valence-corrected chi connectivity index (χ4v) is 12.1. The lowest BCUT2D eigenvalue weighted by molar-refractivity contribution is -0.306. The first-order valence-electron chi connectivity index (χ1n) is 37.6. The molecule has 0 aliphatic heterocycles. The number of hydrogen-bond acceptors (Lipinski definition) is 19. The molecule has 0 spiro atoms. The number of carbonyl (C=O) groups is 14. The van der Waals surface area contributed by atoms with Crippen molar-refractivity contribution >= 4 is 95.3 Å². The second-order valence-corrected chi connectivity index (χ2v) is 27.5. The van der Waals surface area contributed by atoms with E-state index in [0.717, 1.165) is 29.2 Å². The lowest BCUT2D eigenvalue weighted by atomic mass is 10.0. The number of carboxylic acid groups (broad SMARTS) is 1. The molecule has 610 valence electrons. The summed E-state index contributed by atoms with van der Waals surface area (Å²) in [6.45, 7) is -0.109. The molecule has 30 nitrogen and oxygen atoms in total. The minimum Gasteiger partial charge on any atom is -0.550 e. The number of primary amides is 1. The molecule has 115 heavy (non-hydrogen) atoms. The Morgan fingerprint density at radius 3 is 0.930 bits per heavy atom. The van der Waals surface area contributed by atoms with Crippen molar-refractivity contribution in [3.8, 4) is 0 Å². The topological polar surface area (TPSA) is 484 Å². The number of carboxylic acids is 1. The van der Waals surface area contributed by atoms with Gasteiger partial charge in [0, 0.05) is 50.2 Å². The van der Waals surface area contributed by atoms with Crippen molar-refractivity contribution in [2.45, 2.75) is 138 Å². The van der Waals surface area contributed by atoms with Crippen LogP contribution >= 0.6 is 12.6 Å². The molecule has 0 saturated heterocycles. The summed E-state index contributed by atoms with van der Waals surface area (Å²) in [5.74, 6) is -10.4. The first-order valence-corrected chi connectivity index (χ1v) is 38.2. The highest BCUT2D eigenvalue weighted by Crippen LogP contribution is 2.13. The van der Waals surface area contributed by atoms with E-state index in [2.05, 4.69) is 76.4 Å². The van der Waals surface area contributed by atoms with Crippen molar-refractivity contribution < 1.29 is 72.2 Å². The predicted molar refractivity (Wildman–Crippen MR) is 433 cm³/mol. The van der Waals surface area contributed by atoms with Crippen LogP contribution in [0.2, 0.25) is 0 Å². The van der Waals surface area contributed by atoms with Crippen LogP contribution in [-0.2, 0) is 112 Å². The lowest BCUT2D eigenvalue weighted by Crippen LogP contribution is -2.58. The molecule has 0 radical (unpaired) electrons. The first-order chi connectivity index (χ1) is 55.3. The number of hydrogen-bond donors (Lipinski definition) is 16. The average Bonchev–Trinajstić information content (AvgIpc) is 0.862. The Hall–Kier alpha value is -12.5. The Balaban J connectivity index is 0.000000393. The van der Waals surface area contributed by atoms with E-state index in [-0.39, 0.29) is 63.2 Å². The number of nitrogens with two attached hydrogens (primary N) is 3. The summed E-state index contributed by atoms with van der Waals surface area (Å²) in [6, 6.07) is 51.7. The number of rotatable bonds is 46. The van der Waals surface area contributed by atoms with Gasteiger partial charge in [-0.3, -0.25) is 62.3 Å². The normalized spacial score (nSPS) is 13.4. The van der Waals surface area contributed by atoms with Crippen LogP contribution in [0.5, 0.6) is 0 Å². The van der Waals surface area contributed by atoms with Gasteiger partial charge in [0.25, 0.3) is 0 Å². The number of benzene rings is 7. The zero-order valence-electron chi connectivity index (χ0n) is 64.1.